The van der Waals surface area contributed by atoms with E-state index in [0.29, 0.717) is 16.9 Å². The number of rotatable bonds is 3. The minimum absolute atomic E-state index is 0.127. The number of carbonyl (C=O) groups is 1. The number of ether oxygens (including phenoxy) is 1. The molecule has 1 aromatic heterocycles. The highest BCUT2D eigenvalue weighted by molar-refractivity contribution is 5.86. The lowest BCUT2D eigenvalue weighted by molar-refractivity contribution is -0.120. The predicted octanol–water partition coefficient (Wildman–Crippen LogP) is 3.21. The Morgan fingerprint density at radius 2 is 2.10 bits per heavy atom. The summed E-state index contributed by atoms with van der Waals surface area (Å²) in [5, 5.41) is 0. The van der Waals surface area contributed by atoms with Gasteiger partial charge in [-0.1, -0.05) is 24.3 Å². The molecule has 100 valence electrons. The van der Waals surface area contributed by atoms with Gasteiger partial charge in [-0.25, -0.2) is 9.37 Å². The number of H-pyrrole nitrogens is 1. The summed E-state index contributed by atoms with van der Waals surface area (Å²) in [5.41, 5.74) is 2.88. The number of hydrogen-bond acceptors (Lipinski definition) is 3. The first-order chi connectivity index (χ1) is 9.69. The Morgan fingerprint density at radius 3 is 2.85 bits per heavy atom. The van der Waals surface area contributed by atoms with Gasteiger partial charge in [0.1, 0.15) is 17.2 Å². The van der Waals surface area contributed by atoms with Crippen LogP contribution < -0.4 is 4.74 Å². The summed E-state index contributed by atoms with van der Waals surface area (Å²) < 4.78 is 18.2. The Bertz CT molecular complexity index is 796. The fraction of sp³-hybridized carbons (Fsp3) is 0.0667. The second-order valence-corrected chi connectivity index (χ2v) is 4.41. The van der Waals surface area contributed by atoms with E-state index in [0.717, 1.165) is 17.2 Å². The standard InChI is InChI=1S/C15H11FN2O2/c1-9-4-2-3-5-11(9)15-17-12-6-10(16)7-13(20-8-19)14(12)18-15/h2-8H,1H3,(H,17,18). The monoisotopic (exact) mass is 270 g/mol. The smallest absolute Gasteiger partial charge is 0.298 e. The van der Waals surface area contributed by atoms with Crippen molar-refractivity contribution in [2.24, 2.45) is 0 Å². The van der Waals surface area contributed by atoms with Gasteiger partial charge >= 0.3 is 0 Å². The molecule has 0 radical (unpaired) electrons. The van der Waals surface area contributed by atoms with Gasteiger partial charge in [-0.05, 0) is 12.5 Å². The molecule has 0 bridgehead atoms. The van der Waals surface area contributed by atoms with E-state index in [4.69, 9.17) is 4.74 Å². The van der Waals surface area contributed by atoms with E-state index in [1.165, 1.54) is 6.07 Å². The van der Waals surface area contributed by atoms with E-state index in [9.17, 15) is 9.18 Å². The molecule has 4 nitrogen and oxygen atoms in total. The number of fused-ring (bicyclic) bond motifs is 1. The minimum Gasteiger partial charge on any atom is -0.426 e. The molecule has 0 spiro atoms. The number of hydrogen-bond donors (Lipinski definition) is 1. The van der Waals surface area contributed by atoms with Gasteiger partial charge in [0.05, 0.1) is 5.52 Å². The Morgan fingerprint density at radius 1 is 1.30 bits per heavy atom. The van der Waals surface area contributed by atoms with Gasteiger partial charge in [0.2, 0.25) is 0 Å². The third-order valence-corrected chi connectivity index (χ3v) is 3.10. The molecular weight excluding hydrogens is 259 g/mol. The van der Waals surface area contributed by atoms with Gasteiger partial charge < -0.3 is 9.72 Å². The number of nitrogens with zero attached hydrogens (tertiary/aromatic N) is 1. The predicted molar refractivity (Wildman–Crippen MR) is 72.9 cm³/mol. The largest absolute Gasteiger partial charge is 0.426 e. The van der Waals surface area contributed by atoms with E-state index in [1.54, 1.807) is 0 Å². The number of aryl methyl sites for hydroxylation is 1. The average molecular weight is 270 g/mol. The molecule has 1 heterocycles. The first-order valence-electron chi connectivity index (χ1n) is 6.04. The minimum atomic E-state index is -0.503. The lowest BCUT2D eigenvalue weighted by Crippen LogP contribution is -1.91. The number of imidazole rings is 1. The van der Waals surface area contributed by atoms with Crippen molar-refractivity contribution >= 4 is 17.5 Å². The molecule has 3 rings (SSSR count). The highest BCUT2D eigenvalue weighted by Gasteiger charge is 2.13. The van der Waals surface area contributed by atoms with Gasteiger partial charge in [-0.3, -0.25) is 4.79 Å². The number of aromatic nitrogens is 2. The van der Waals surface area contributed by atoms with Crippen LogP contribution in [-0.2, 0) is 4.79 Å². The quantitative estimate of drug-likeness (QED) is 0.743. The Hall–Kier alpha value is -2.69. The van der Waals surface area contributed by atoms with Crippen molar-refractivity contribution in [1.82, 2.24) is 9.97 Å². The fourth-order valence-corrected chi connectivity index (χ4v) is 2.16. The van der Waals surface area contributed by atoms with Crippen molar-refractivity contribution in [3.63, 3.8) is 0 Å². The van der Waals surface area contributed by atoms with Crippen LogP contribution in [0.25, 0.3) is 22.4 Å². The third-order valence-electron chi connectivity index (χ3n) is 3.10. The van der Waals surface area contributed by atoms with E-state index in [2.05, 4.69) is 9.97 Å². The molecule has 0 saturated carbocycles. The molecule has 0 aliphatic carbocycles. The molecule has 0 amide bonds. The number of aromatic amines is 1. The van der Waals surface area contributed by atoms with Crippen LogP contribution in [0.15, 0.2) is 36.4 Å². The van der Waals surface area contributed by atoms with Crippen molar-refractivity contribution in [3.05, 3.63) is 47.8 Å². The molecule has 0 saturated heterocycles. The van der Waals surface area contributed by atoms with Gasteiger partial charge in [-0.2, -0.15) is 0 Å². The maximum atomic E-state index is 13.5. The van der Waals surface area contributed by atoms with Crippen molar-refractivity contribution in [2.75, 3.05) is 0 Å². The molecule has 0 aliphatic heterocycles. The molecular formula is C15H11FN2O2. The molecule has 2 aromatic carbocycles. The van der Waals surface area contributed by atoms with Crippen molar-refractivity contribution < 1.29 is 13.9 Å². The zero-order valence-electron chi connectivity index (χ0n) is 10.7. The number of benzene rings is 2. The second-order valence-electron chi connectivity index (χ2n) is 4.41. The van der Waals surface area contributed by atoms with Gasteiger partial charge in [-0.15, -0.1) is 0 Å². The molecule has 3 aromatic rings. The van der Waals surface area contributed by atoms with Crippen LogP contribution in [0, 0.1) is 12.7 Å². The zero-order valence-corrected chi connectivity index (χ0v) is 10.7. The lowest BCUT2D eigenvalue weighted by atomic mass is 10.1. The summed E-state index contributed by atoms with van der Waals surface area (Å²) in [6.45, 7) is 2.23. The van der Waals surface area contributed by atoms with Crippen LogP contribution in [0.1, 0.15) is 5.56 Å². The summed E-state index contributed by atoms with van der Waals surface area (Å²) in [4.78, 5) is 17.9. The summed E-state index contributed by atoms with van der Waals surface area (Å²) in [5.74, 6) is 0.235. The summed E-state index contributed by atoms with van der Waals surface area (Å²) in [7, 11) is 0. The van der Waals surface area contributed by atoms with Gasteiger partial charge in [0.15, 0.2) is 5.75 Å². The number of nitrogens with one attached hydrogen (secondary N) is 1. The molecule has 0 atom stereocenters. The van der Waals surface area contributed by atoms with E-state index in [-0.39, 0.29) is 12.2 Å². The molecule has 0 unspecified atom stereocenters. The number of carbonyl (C=O) groups excluding carboxylic acids is 1. The van der Waals surface area contributed by atoms with Crippen LogP contribution in [0.3, 0.4) is 0 Å². The van der Waals surface area contributed by atoms with Crippen LogP contribution in [0.5, 0.6) is 5.75 Å². The maximum Gasteiger partial charge on any atom is 0.298 e. The Kier molecular flexibility index (Phi) is 2.95. The third kappa shape index (κ3) is 2.03. The van der Waals surface area contributed by atoms with Crippen LogP contribution in [0.4, 0.5) is 4.39 Å². The Labute approximate surface area is 114 Å². The highest BCUT2D eigenvalue weighted by atomic mass is 19.1. The van der Waals surface area contributed by atoms with E-state index in [1.807, 2.05) is 31.2 Å². The first kappa shape index (κ1) is 12.3. The van der Waals surface area contributed by atoms with Crippen LogP contribution >= 0.6 is 0 Å². The SMILES string of the molecule is Cc1ccccc1-c1nc2cc(F)cc(OC=O)c2[nH]1. The Balaban J connectivity index is 2.23. The van der Waals surface area contributed by atoms with Gasteiger partial charge in [0, 0.05) is 17.7 Å². The van der Waals surface area contributed by atoms with Crippen LogP contribution in [0.2, 0.25) is 0 Å². The topological polar surface area (TPSA) is 55.0 Å². The zero-order chi connectivity index (χ0) is 14.1. The van der Waals surface area contributed by atoms with E-state index < -0.39 is 5.82 Å². The maximum absolute atomic E-state index is 13.5. The molecule has 0 fully saturated rings. The molecule has 20 heavy (non-hydrogen) atoms. The average Bonchev–Trinajstić information content (AvgIpc) is 2.83. The summed E-state index contributed by atoms with van der Waals surface area (Å²) >= 11 is 0. The van der Waals surface area contributed by atoms with Crippen molar-refractivity contribution in [3.8, 4) is 17.1 Å². The molecule has 5 heteroatoms. The number of halogens is 1. The summed E-state index contributed by atoms with van der Waals surface area (Å²) in [6.07, 6.45) is 0. The van der Waals surface area contributed by atoms with Crippen molar-refractivity contribution in [1.29, 1.82) is 0 Å². The van der Waals surface area contributed by atoms with E-state index >= 15 is 0 Å². The van der Waals surface area contributed by atoms with Gasteiger partial charge in [0.25, 0.3) is 6.47 Å². The normalized spacial score (nSPS) is 10.7. The van der Waals surface area contributed by atoms with Crippen molar-refractivity contribution in [2.45, 2.75) is 6.92 Å². The summed E-state index contributed by atoms with van der Waals surface area (Å²) in [6, 6.07) is 10.2. The molecule has 0 aliphatic rings. The highest BCUT2D eigenvalue weighted by Crippen LogP contribution is 2.29. The molecule has 1 N–H and O–H groups in total. The van der Waals surface area contributed by atoms with Crippen LogP contribution in [-0.4, -0.2) is 16.4 Å². The fourth-order valence-electron chi connectivity index (χ4n) is 2.16. The first-order valence-corrected chi connectivity index (χ1v) is 6.04. The second kappa shape index (κ2) is 4.77. The lowest BCUT2D eigenvalue weighted by Gasteiger charge is -2.00.